The first kappa shape index (κ1) is 17.2. The van der Waals surface area contributed by atoms with Crippen LogP contribution in [0.5, 0.6) is 5.75 Å². The van der Waals surface area contributed by atoms with Crippen molar-refractivity contribution in [2.75, 3.05) is 37.7 Å². The van der Waals surface area contributed by atoms with Crippen LogP contribution in [0.3, 0.4) is 0 Å². The molecule has 0 unspecified atom stereocenters. The molecule has 0 N–H and O–H groups in total. The number of anilines is 1. The first-order valence-electron chi connectivity index (χ1n) is 9.05. The quantitative estimate of drug-likeness (QED) is 0.685. The van der Waals surface area contributed by atoms with Crippen LogP contribution in [-0.2, 0) is 6.54 Å². The van der Waals surface area contributed by atoms with Crippen LogP contribution in [0.1, 0.15) is 12.6 Å². The standard InChI is InChI=1S/C20H23ClN4O/c1-2-26-19-6-4-3-5-18(19)24-11-9-23(10-12-24)14-17-15-25-13-16(21)7-8-20(25)22-17/h3-8,13,15H,2,9-12,14H2,1H3. The summed E-state index contributed by atoms with van der Waals surface area (Å²) in [6.07, 6.45) is 3.97. The molecule has 136 valence electrons. The molecule has 0 atom stereocenters. The minimum atomic E-state index is 0.689. The van der Waals surface area contributed by atoms with E-state index >= 15 is 0 Å². The van der Waals surface area contributed by atoms with Gasteiger partial charge in [-0.3, -0.25) is 4.90 Å². The number of rotatable bonds is 5. The Labute approximate surface area is 158 Å². The highest BCUT2D eigenvalue weighted by molar-refractivity contribution is 6.30. The minimum Gasteiger partial charge on any atom is -0.492 e. The van der Waals surface area contributed by atoms with Crippen molar-refractivity contribution in [2.24, 2.45) is 0 Å². The Balaban J connectivity index is 1.40. The topological polar surface area (TPSA) is 33.0 Å². The van der Waals surface area contributed by atoms with Gasteiger partial charge in [-0.05, 0) is 31.2 Å². The smallest absolute Gasteiger partial charge is 0.142 e. The molecule has 3 aromatic rings. The molecule has 1 aliphatic rings. The minimum absolute atomic E-state index is 0.689. The van der Waals surface area contributed by atoms with E-state index in [1.165, 1.54) is 5.69 Å². The van der Waals surface area contributed by atoms with Crippen LogP contribution in [0.25, 0.3) is 5.65 Å². The second-order valence-electron chi connectivity index (χ2n) is 6.51. The van der Waals surface area contributed by atoms with Gasteiger partial charge in [-0.15, -0.1) is 0 Å². The zero-order valence-electron chi connectivity index (χ0n) is 14.9. The number of fused-ring (bicyclic) bond motifs is 1. The van der Waals surface area contributed by atoms with Crippen LogP contribution in [0, 0.1) is 0 Å². The molecule has 0 spiro atoms. The number of hydrogen-bond acceptors (Lipinski definition) is 4. The molecule has 0 amide bonds. The molecule has 1 aromatic carbocycles. The maximum atomic E-state index is 6.05. The molecule has 0 bridgehead atoms. The summed E-state index contributed by atoms with van der Waals surface area (Å²) in [6, 6.07) is 12.1. The fraction of sp³-hybridized carbons (Fsp3) is 0.350. The summed E-state index contributed by atoms with van der Waals surface area (Å²) in [7, 11) is 0. The van der Waals surface area contributed by atoms with Gasteiger partial charge >= 0.3 is 0 Å². The summed E-state index contributed by atoms with van der Waals surface area (Å²) in [5, 5.41) is 0.725. The monoisotopic (exact) mass is 370 g/mol. The molecule has 26 heavy (non-hydrogen) atoms. The van der Waals surface area contributed by atoms with E-state index in [1.807, 2.05) is 41.8 Å². The number of imidazole rings is 1. The van der Waals surface area contributed by atoms with Gasteiger partial charge in [-0.25, -0.2) is 4.98 Å². The van der Waals surface area contributed by atoms with Crippen LogP contribution in [0.4, 0.5) is 5.69 Å². The van der Waals surface area contributed by atoms with E-state index in [1.54, 1.807) is 0 Å². The maximum absolute atomic E-state index is 6.05. The highest BCUT2D eigenvalue weighted by Gasteiger charge is 2.20. The van der Waals surface area contributed by atoms with Gasteiger partial charge in [0.1, 0.15) is 11.4 Å². The van der Waals surface area contributed by atoms with E-state index in [0.717, 1.165) is 54.8 Å². The molecule has 2 aromatic heterocycles. The molecule has 6 heteroatoms. The highest BCUT2D eigenvalue weighted by atomic mass is 35.5. The Morgan fingerprint density at radius 2 is 1.85 bits per heavy atom. The normalized spacial score (nSPS) is 15.5. The third-order valence-corrected chi connectivity index (χ3v) is 4.95. The Kier molecular flexibility index (Phi) is 5.00. The van der Waals surface area contributed by atoms with E-state index in [2.05, 4.69) is 28.1 Å². The van der Waals surface area contributed by atoms with Crippen molar-refractivity contribution in [1.29, 1.82) is 0 Å². The number of pyridine rings is 1. The summed E-state index contributed by atoms with van der Waals surface area (Å²) in [5.74, 6) is 0.973. The lowest BCUT2D eigenvalue weighted by molar-refractivity contribution is 0.246. The van der Waals surface area contributed by atoms with Crippen molar-refractivity contribution in [2.45, 2.75) is 13.5 Å². The van der Waals surface area contributed by atoms with E-state index < -0.39 is 0 Å². The molecular weight excluding hydrogens is 348 g/mol. The number of ether oxygens (including phenoxy) is 1. The average Bonchev–Trinajstić information content (AvgIpc) is 3.04. The van der Waals surface area contributed by atoms with Crippen molar-refractivity contribution >= 4 is 22.9 Å². The molecule has 1 saturated heterocycles. The average molecular weight is 371 g/mol. The number of nitrogens with zero attached hydrogens (tertiary/aromatic N) is 4. The zero-order chi connectivity index (χ0) is 17.9. The Morgan fingerprint density at radius 3 is 2.65 bits per heavy atom. The fourth-order valence-corrected chi connectivity index (χ4v) is 3.63. The molecule has 4 rings (SSSR count). The third kappa shape index (κ3) is 3.64. The number of halogens is 1. The van der Waals surface area contributed by atoms with E-state index in [9.17, 15) is 0 Å². The van der Waals surface area contributed by atoms with Crippen LogP contribution in [0.2, 0.25) is 5.02 Å². The molecule has 3 heterocycles. The number of hydrogen-bond donors (Lipinski definition) is 0. The van der Waals surface area contributed by atoms with E-state index in [0.29, 0.717) is 6.61 Å². The SMILES string of the molecule is CCOc1ccccc1N1CCN(Cc2cn3cc(Cl)ccc3n2)CC1. The first-order valence-corrected chi connectivity index (χ1v) is 9.43. The molecule has 0 radical (unpaired) electrons. The lowest BCUT2D eigenvalue weighted by Crippen LogP contribution is -2.46. The summed E-state index contributed by atoms with van der Waals surface area (Å²) < 4.78 is 7.77. The van der Waals surface area contributed by atoms with Gasteiger partial charge in [0.05, 0.1) is 23.0 Å². The highest BCUT2D eigenvalue weighted by Crippen LogP contribution is 2.29. The van der Waals surface area contributed by atoms with Gasteiger partial charge in [0.25, 0.3) is 0 Å². The lowest BCUT2D eigenvalue weighted by Gasteiger charge is -2.36. The van der Waals surface area contributed by atoms with Gasteiger partial charge in [0.2, 0.25) is 0 Å². The summed E-state index contributed by atoms with van der Waals surface area (Å²) in [6.45, 7) is 7.57. The maximum Gasteiger partial charge on any atom is 0.142 e. The predicted molar refractivity (Wildman–Crippen MR) is 105 cm³/mol. The Bertz CT molecular complexity index is 886. The predicted octanol–water partition coefficient (Wildman–Crippen LogP) is 3.71. The van der Waals surface area contributed by atoms with Crippen molar-refractivity contribution in [3.05, 3.63) is 59.5 Å². The lowest BCUT2D eigenvalue weighted by atomic mass is 10.2. The number of para-hydroxylation sites is 2. The van der Waals surface area contributed by atoms with Gasteiger partial charge in [0.15, 0.2) is 0 Å². The second kappa shape index (κ2) is 7.56. The molecule has 0 saturated carbocycles. The summed E-state index contributed by atoms with van der Waals surface area (Å²) >= 11 is 6.05. The van der Waals surface area contributed by atoms with Gasteiger partial charge in [0, 0.05) is 45.1 Å². The Hall–Kier alpha value is -2.24. The van der Waals surface area contributed by atoms with Crippen molar-refractivity contribution in [1.82, 2.24) is 14.3 Å². The number of piperazine rings is 1. The molecule has 5 nitrogen and oxygen atoms in total. The largest absolute Gasteiger partial charge is 0.492 e. The zero-order valence-corrected chi connectivity index (χ0v) is 15.7. The van der Waals surface area contributed by atoms with Crippen molar-refractivity contribution in [3.8, 4) is 5.75 Å². The summed E-state index contributed by atoms with van der Waals surface area (Å²) in [4.78, 5) is 9.55. The van der Waals surface area contributed by atoms with Gasteiger partial charge < -0.3 is 14.0 Å². The van der Waals surface area contributed by atoms with Gasteiger partial charge in [-0.2, -0.15) is 0 Å². The van der Waals surface area contributed by atoms with Crippen molar-refractivity contribution < 1.29 is 4.74 Å². The van der Waals surface area contributed by atoms with Crippen LogP contribution in [0.15, 0.2) is 48.8 Å². The first-order chi connectivity index (χ1) is 12.7. The fourth-order valence-electron chi connectivity index (χ4n) is 3.47. The molecule has 0 aliphatic carbocycles. The Morgan fingerprint density at radius 1 is 1.04 bits per heavy atom. The van der Waals surface area contributed by atoms with Crippen molar-refractivity contribution in [3.63, 3.8) is 0 Å². The van der Waals surface area contributed by atoms with Gasteiger partial charge in [-0.1, -0.05) is 23.7 Å². The molecule has 1 fully saturated rings. The van der Waals surface area contributed by atoms with Crippen LogP contribution in [-0.4, -0.2) is 47.1 Å². The van der Waals surface area contributed by atoms with Crippen LogP contribution < -0.4 is 9.64 Å². The van der Waals surface area contributed by atoms with E-state index in [4.69, 9.17) is 21.3 Å². The van der Waals surface area contributed by atoms with E-state index in [-0.39, 0.29) is 0 Å². The third-order valence-electron chi connectivity index (χ3n) is 4.73. The molecule has 1 aliphatic heterocycles. The van der Waals surface area contributed by atoms with Crippen LogP contribution >= 0.6 is 11.6 Å². The summed E-state index contributed by atoms with van der Waals surface area (Å²) in [5.41, 5.74) is 3.21. The molecular formula is C20H23ClN4O. The second-order valence-corrected chi connectivity index (χ2v) is 6.95. The number of aromatic nitrogens is 2. The number of benzene rings is 1.